The number of hydrogen-bond acceptors (Lipinski definition) is 1. The maximum Gasteiger partial charge on any atom is 0.123 e. The first-order chi connectivity index (χ1) is 10.2. The lowest BCUT2D eigenvalue weighted by Gasteiger charge is -2.35. The fourth-order valence-electron chi connectivity index (χ4n) is 3.46. The van der Waals surface area contributed by atoms with Crippen LogP contribution >= 0.6 is 0 Å². The third kappa shape index (κ3) is 1.81. The summed E-state index contributed by atoms with van der Waals surface area (Å²) in [5.41, 5.74) is 4.22. The molecular weight excluding hydrogens is 263 g/mol. The second-order valence-corrected chi connectivity index (χ2v) is 5.84. The summed E-state index contributed by atoms with van der Waals surface area (Å²) < 4.78 is 13.6. The Bertz CT molecular complexity index is 821. The summed E-state index contributed by atoms with van der Waals surface area (Å²) in [5, 5.41) is 4.83. The van der Waals surface area contributed by atoms with Crippen LogP contribution in [0.15, 0.2) is 48.5 Å². The lowest BCUT2D eigenvalue weighted by Crippen LogP contribution is -2.46. The lowest BCUT2D eigenvalue weighted by molar-refractivity contribution is 0.405. The van der Waals surface area contributed by atoms with Crippen molar-refractivity contribution in [3.8, 4) is 0 Å². The van der Waals surface area contributed by atoms with Gasteiger partial charge in [-0.15, -0.1) is 0 Å². The molecule has 1 unspecified atom stereocenters. The first-order valence-corrected chi connectivity index (χ1v) is 7.29. The van der Waals surface area contributed by atoms with Crippen LogP contribution in [-0.2, 0) is 12.0 Å². The third-order valence-corrected chi connectivity index (χ3v) is 4.57. The molecule has 2 aromatic carbocycles. The van der Waals surface area contributed by atoms with Crippen molar-refractivity contribution in [1.82, 2.24) is 10.3 Å². The molecule has 0 aliphatic carbocycles. The van der Waals surface area contributed by atoms with Gasteiger partial charge >= 0.3 is 0 Å². The van der Waals surface area contributed by atoms with E-state index in [0.717, 1.165) is 29.7 Å². The van der Waals surface area contributed by atoms with E-state index in [4.69, 9.17) is 0 Å². The van der Waals surface area contributed by atoms with Gasteiger partial charge in [0.1, 0.15) is 5.82 Å². The SMILES string of the molecule is CC1(c2cccc(F)c2)NCCc2c1[nH]c1ccccc21. The van der Waals surface area contributed by atoms with Crippen LogP contribution in [0.25, 0.3) is 10.9 Å². The number of H-pyrrole nitrogens is 1. The minimum Gasteiger partial charge on any atom is -0.356 e. The van der Waals surface area contributed by atoms with Gasteiger partial charge in [0.25, 0.3) is 0 Å². The summed E-state index contributed by atoms with van der Waals surface area (Å²) in [7, 11) is 0. The molecule has 0 radical (unpaired) electrons. The summed E-state index contributed by atoms with van der Waals surface area (Å²) in [6, 6.07) is 15.2. The summed E-state index contributed by atoms with van der Waals surface area (Å²) in [6.07, 6.45) is 0.990. The smallest absolute Gasteiger partial charge is 0.123 e. The zero-order valence-electron chi connectivity index (χ0n) is 11.9. The highest BCUT2D eigenvalue weighted by molar-refractivity contribution is 5.85. The molecule has 106 valence electrons. The fourth-order valence-corrected chi connectivity index (χ4v) is 3.46. The number of halogens is 1. The Morgan fingerprint density at radius 2 is 1.95 bits per heavy atom. The van der Waals surface area contributed by atoms with Gasteiger partial charge in [-0.1, -0.05) is 30.3 Å². The molecule has 3 aromatic rings. The van der Waals surface area contributed by atoms with E-state index in [9.17, 15) is 4.39 Å². The Balaban J connectivity index is 1.97. The number of hydrogen-bond donors (Lipinski definition) is 2. The summed E-state index contributed by atoms with van der Waals surface area (Å²) in [6.45, 7) is 3.01. The van der Waals surface area contributed by atoms with Gasteiger partial charge < -0.3 is 10.3 Å². The van der Waals surface area contributed by atoms with Gasteiger partial charge in [-0.3, -0.25) is 0 Å². The molecule has 2 N–H and O–H groups in total. The summed E-state index contributed by atoms with van der Waals surface area (Å²) in [4.78, 5) is 3.54. The fraction of sp³-hybridized carbons (Fsp3) is 0.222. The van der Waals surface area contributed by atoms with Crippen LogP contribution in [0.5, 0.6) is 0 Å². The van der Waals surface area contributed by atoms with Gasteiger partial charge in [-0.2, -0.15) is 0 Å². The molecule has 1 aliphatic heterocycles. The molecule has 1 aliphatic rings. The predicted molar refractivity (Wildman–Crippen MR) is 82.9 cm³/mol. The molecule has 1 atom stereocenters. The largest absolute Gasteiger partial charge is 0.356 e. The van der Waals surface area contributed by atoms with Crippen molar-refractivity contribution in [1.29, 1.82) is 0 Å². The van der Waals surface area contributed by atoms with Crippen LogP contribution in [0.4, 0.5) is 4.39 Å². The van der Waals surface area contributed by atoms with Crippen LogP contribution in [0, 0.1) is 5.82 Å². The van der Waals surface area contributed by atoms with Crippen molar-refractivity contribution in [2.24, 2.45) is 0 Å². The highest BCUT2D eigenvalue weighted by atomic mass is 19.1. The number of rotatable bonds is 1. The number of fused-ring (bicyclic) bond motifs is 3. The normalized spacial score (nSPS) is 21.4. The highest BCUT2D eigenvalue weighted by Gasteiger charge is 2.36. The molecule has 1 aromatic heterocycles. The van der Waals surface area contributed by atoms with E-state index in [2.05, 4.69) is 35.4 Å². The van der Waals surface area contributed by atoms with Crippen LogP contribution < -0.4 is 5.32 Å². The zero-order chi connectivity index (χ0) is 14.4. The minimum atomic E-state index is -0.380. The van der Waals surface area contributed by atoms with Crippen LogP contribution in [0.3, 0.4) is 0 Å². The third-order valence-electron chi connectivity index (χ3n) is 4.57. The quantitative estimate of drug-likeness (QED) is 0.698. The Hall–Kier alpha value is -2.13. The number of aromatic amines is 1. The molecule has 0 bridgehead atoms. The minimum absolute atomic E-state index is 0.196. The monoisotopic (exact) mass is 280 g/mol. The molecule has 4 rings (SSSR count). The lowest BCUT2D eigenvalue weighted by atomic mass is 9.82. The van der Waals surface area contributed by atoms with Crippen molar-refractivity contribution in [3.05, 3.63) is 71.2 Å². The van der Waals surface area contributed by atoms with E-state index >= 15 is 0 Å². The average molecular weight is 280 g/mol. The molecule has 0 saturated heterocycles. The van der Waals surface area contributed by atoms with Crippen molar-refractivity contribution in [2.45, 2.75) is 18.9 Å². The van der Waals surface area contributed by atoms with E-state index in [1.807, 2.05) is 12.1 Å². The van der Waals surface area contributed by atoms with Gasteiger partial charge in [0.2, 0.25) is 0 Å². The first kappa shape index (κ1) is 12.6. The van der Waals surface area contributed by atoms with E-state index < -0.39 is 0 Å². The molecular formula is C18H17FN2. The number of para-hydroxylation sites is 1. The van der Waals surface area contributed by atoms with Crippen molar-refractivity contribution < 1.29 is 4.39 Å². The molecule has 0 saturated carbocycles. The standard InChI is InChI=1S/C18H17FN2/c1-18(12-5-4-6-13(19)11-12)17-15(9-10-20-18)14-7-2-3-8-16(14)21-17/h2-8,11,20-21H,9-10H2,1H3. The van der Waals surface area contributed by atoms with Crippen LogP contribution in [0.2, 0.25) is 0 Å². The maximum atomic E-state index is 13.6. The Labute approximate surface area is 123 Å². The molecule has 0 amide bonds. The second kappa shape index (κ2) is 4.43. The van der Waals surface area contributed by atoms with E-state index in [-0.39, 0.29) is 11.4 Å². The Kier molecular flexibility index (Phi) is 2.66. The molecule has 0 fully saturated rings. The zero-order valence-corrected chi connectivity index (χ0v) is 11.9. The molecule has 0 spiro atoms. The van der Waals surface area contributed by atoms with Crippen LogP contribution in [0.1, 0.15) is 23.7 Å². The topological polar surface area (TPSA) is 27.8 Å². The second-order valence-electron chi connectivity index (χ2n) is 5.84. The van der Waals surface area contributed by atoms with Crippen molar-refractivity contribution >= 4 is 10.9 Å². The highest BCUT2D eigenvalue weighted by Crippen LogP contribution is 2.37. The van der Waals surface area contributed by atoms with Gasteiger partial charge in [0.05, 0.1) is 5.54 Å². The molecule has 3 heteroatoms. The van der Waals surface area contributed by atoms with Gasteiger partial charge in [0.15, 0.2) is 0 Å². The number of aromatic nitrogens is 1. The van der Waals surface area contributed by atoms with Crippen molar-refractivity contribution in [3.63, 3.8) is 0 Å². The van der Waals surface area contributed by atoms with Gasteiger partial charge in [0, 0.05) is 23.1 Å². The Morgan fingerprint density at radius 1 is 1.10 bits per heavy atom. The van der Waals surface area contributed by atoms with E-state index in [1.165, 1.54) is 17.0 Å². The van der Waals surface area contributed by atoms with Gasteiger partial charge in [-0.05, 0) is 42.7 Å². The summed E-state index contributed by atoms with van der Waals surface area (Å²) in [5.74, 6) is -0.196. The van der Waals surface area contributed by atoms with Crippen molar-refractivity contribution in [2.75, 3.05) is 6.54 Å². The molecule has 21 heavy (non-hydrogen) atoms. The Morgan fingerprint density at radius 3 is 2.81 bits per heavy atom. The maximum absolute atomic E-state index is 13.6. The van der Waals surface area contributed by atoms with E-state index in [0.29, 0.717) is 0 Å². The predicted octanol–water partition coefficient (Wildman–Crippen LogP) is 3.72. The number of nitrogens with one attached hydrogen (secondary N) is 2. The van der Waals surface area contributed by atoms with Crippen LogP contribution in [-0.4, -0.2) is 11.5 Å². The average Bonchev–Trinajstić information content (AvgIpc) is 2.88. The number of benzene rings is 2. The van der Waals surface area contributed by atoms with E-state index in [1.54, 1.807) is 12.1 Å². The first-order valence-electron chi connectivity index (χ1n) is 7.29. The molecule has 2 heterocycles. The summed E-state index contributed by atoms with van der Waals surface area (Å²) >= 11 is 0. The van der Waals surface area contributed by atoms with Gasteiger partial charge in [-0.25, -0.2) is 4.39 Å². The molecule has 2 nitrogen and oxygen atoms in total.